The highest BCUT2D eigenvalue weighted by atomic mass is 19.3. The second-order valence-corrected chi connectivity index (χ2v) is 4.65. The van der Waals surface area contributed by atoms with Gasteiger partial charge in [-0.15, -0.1) is 0 Å². The van der Waals surface area contributed by atoms with E-state index in [0.717, 1.165) is 0 Å². The van der Waals surface area contributed by atoms with E-state index < -0.39 is 11.8 Å². The van der Waals surface area contributed by atoms with Gasteiger partial charge in [-0.2, -0.15) is 0 Å². The fraction of sp³-hybridized carbons (Fsp3) is 0.500. The van der Waals surface area contributed by atoms with Gasteiger partial charge in [0.1, 0.15) is 5.82 Å². The Morgan fingerprint density at radius 2 is 2.11 bits per heavy atom. The van der Waals surface area contributed by atoms with Gasteiger partial charge in [-0.25, -0.2) is 19.6 Å². The van der Waals surface area contributed by atoms with E-state index in [0.29, 0.717) is 24.2 Å². The van der Waals surface area contributed by atoms with Crippen LogP contribution in [-0.4, -0.2) is 22.9 Å². The second-order valence-electron chi connectivity index (χ2n) is 4.65. The summed E-state index contributed by atoms with van der Waals surface area (Å²) in [6, 6.07) is 3.10. The molecule has 0 aromatic carbocycles. The molecular formula is C12H16F2N4O. The maximum Gasteiger partial charge on any atom is 0.268 e. The Morgan fingerprint density at radius 1 is 1.42 bits per heavy atom. The zero-order chi connectivity index (χ0) is 13.9. The molecule has 0 unspecified atom stereocenters. The van der Waals surface area contributed by atoms with E-state index in [2.05, 4.69) is 10.3 Å². The highest BCUT2D eigenvalue weighted by Crippen LogP contribution is 2.34. The minimum Gasteiger partial charge on any atom is -0.367 e. The fourth-order valence-corrected chi connectivity index (χ4v) is 2.16. The molecule has 1 aliphatic carbocycles. The second kappa shape index (κ2) is 5.48. The zero-order valence-electron chi connectivity index (χ0n) is 10.3. The predicted octanol–water partition coefficient (Wildman–Crippen LogP) is 1.67. The number of amides is 1. The monoisotopic (exact) mass is 270 g/mol. The molecule has 104 valence electrons. The Labute approximate surface area is 109 Å². The minimum absolute atomic E-state index is 0.0983. The van der Waals surface area contributed by atoms with Gasteiger partial charge in [-0.05, 0) is 25.0 Å². The van der Waals surface area contributed by atoms with Gasteiger partial charge in [0.05, 0.1) is 5.56 Å². The number of carbonyl (C=O) groups excluding carboxylic acids is 1. The standard InChI is InChI=1S/C12H16F2N4O/c13-12(14)5-3-8(4-6-12)17-10-9(11(19)18-15)2-1-7-16-10/h1-2,7-8H,3-6,15H2,(H,16,17)(H,18,19). The van der Waals surface area contributed by atoms with Crippen LogP contribution >= 0.6 is 0 Å². The summed E-state index contributed by atoms with van der Waals surface area (Å²) in [7, 11) is 0. The molecule has 0 aliphatic heterocycles. The number of nitrogens with one attached hydrogen (secondary N) is 2. The lowest BCUT2D eigenvalue weighted by molar-refractivity contribution is -0.0361. The lowest BCUT2D eigenvalue weighted by atomic mass is 9.92. The Kier molecular flexibility index (Phi) is 3.94. The number of alkyl halides is 2. The first-order valence-electron chi connectivity index (χ1n) is 6.12. The van der Waals surface area contributed by atoms with Crippen molar-refractivity contribution in [3.63, 3.8) is 0 Å². The van der Waals surface area contributed by atoms with Crippen molar-refractivity contribution in [2.24, 2.45) is 5.84 Å². The van der Waals surface area contributed by atoms with Crippen molar-refractivity contribution in [1.82, 2.24) is 10.4 Å². The number of carbonyl (C=O) groups is 1. The molecule has 2 rings (SSSR count). The summed E-state index contributed by atoms with van der Waals surface area (Å²) in [5, 5.41) is 3.04. The lowest BCUT2D eigenvalue weighted by Gasteiger charge is -2.29. The number of aromatic nitrogens is 1. The minimum atomic E-state index is -2.57. The first-order chi connectivity index (χ1) is 9.02. The first kappa shape index (κ1) is 13.7. The molecule has 1 aromatic rings. The summed E-state index contributed by atoms with van der Waals surface area (Å²) in [6.07, 6.45) is 1.96. The molecule has 1 heterocycles. The van der Waals surface area contributed by atoms with Crippen molar-refractivity contribution < 1.29 is 13.6 Å². The molecule has 4 N–H and O–H groups in total. The van der Waals surface area contributed by atoms with Crippen LogP contribution in [0.25, 0.3) is 0 Å². The maximum atomic E-state index is 13.1. The van der Waals surface area contributed by atoms with E-state index in [1.54, 1.807) is 12.1 Å². The molecule has 19 heavy (non-hydrogen) atoms. The van der Waals surface area contributed by atoms with E-state index in [4.69, 9.17) is 5.84 Å². The number of hydrogen-bond acceptors (Lipinski definition) is 4. The quantitative estimate of drug-likeness (QED) is 0.443. The molecule has 1 aliphatic rings. The van der Waals surface area contributed by atoms with E-state index in [-0.39, 0.29) is 18.9 Å². The Bertz CT molecular complexity index is 457. The molecule has 1 amide bonds. The number of nitrogen functional groups attached to an aromatic ring is 1. The van der Waals surface area contributed by atoms with Crippen LogP contribution in [0.1, 0.15) is 36.0 Å². The van der Waals surface area contributed by atoms with Crippen LogP contribution in [0.2, 0.25) is 0 Å². The van der Waals surface area contributed by atoms with Gasteiger partial charge < -0.3 is 5.32 Å². The molecule has 0 atom stereocenters. The third kappa shape index (κ3) is 3.37. The molecule has 0 bridgehead atoms. The van der Waals surface area contributed by atoms with Crippen LogP contribution < -0.4 is 16.6 Å². The number of anilines is 1. The van der Waals surface area contributed by atoms with Gasteiger partial charge >= 0.3 is 0 Å². The maximum absolute atomic E-state index is 13.1. The predicted molar refractivity (Wildman–Crippen MR) is 66.7 cm³/mol. The first-order valence-corrected chi connectivity index (χ1v) is 6.12. The van der Waals surface area contributed by atoms with Gasteiger partial charge in [0.15, 0.2) is 0 Å². The van der Waals surface area contributed by atoms with Gasteiger partial charge in [0.2, 0.25) is 5.92 Å². The zero-order valence-corrected chi connectivity index (χ0v) is 10.3. The fourth-order valence-electron chi connectivity index (χ4n) is 2.16. The van der Waals surface area contributed by atoms with E-state index in [9.17, 15) is 13.6 Å². The molecule has 0 saturated heterocycles. The smallest absolute Gasteiger partial charge is 0.268 e. The summed E-state index contributed by atoms with van der Waals surface area (Å²) in [6.45, 7) is 0. The van der Waals surface area contributed by atoms with Crippen LogP contribution in [0.3, 0.4) is 0 Å². The van der Waals surface area contributed by atoms with Crippen LogP contribution in [0.15, 0.2) is 18.3 Å². The van der Waals surface area contributed by atoms with Crippen molar-refractivity contribution >= 4 is 11.7 Å². The third-order valence-electron chi connectivity index (χ3n) is 3.24. The topological polar surface area (TPSA) is 80.0 Å². The SMILES string of the molecule is NNC(=O)c1cccnc1NC1CCC(F)(F)CC1. The third-order valence-corrected chi connectivity index (χ3v) is 3.24. The summed E-state index contributed by atoms with van der Waals surface area (Å²) in [5.41, 5.74) is 2.34. The highest BCUT2D eigenvalue weighted by Gasteiger charge is 2.35. The Morgan fingerprint density at radius 3 is 2.74 bits per heavy atom. The van der Waals surface area contributed by atoms with Gasteiger partial charge in [0.25, 0.3) is 5.91 Å². The summed E-state index contributed by atoms with van der Waals surface area (Å²) in [5.74, 6) is 2.43. The molecule has 0 radical (unpaired) electrons. The Balaban J connectivity index is 2.06. The van der Waals surface area contributed by atoms with Gasteiger partial charge in [-0.3, -0.25) is 10.2 Å². The number of hydrogen-bond donors (Lipinski definition) is 3. The normalized spacial score (nSPS) is 18.9. The molecule has 1 saturated carbocycles. The van der Waals surface area contributed by atoms with Crippen molar-refractivity contribution in [3.8, 4) is 0 Å². The number of nitrogens with zero attached hydrogens (tertiary/aromatic N) is 1. The number of rotatable bonds is 3. The average molecular weight is 270 g/mol. The largest absolute Gasteiger partial charge is 0.367 e. The molecule has 5 nitrogen and oxygen atoms in total. The van der Waals surface area contributed by atoms with Gasteiger partial charge in [-0.1, -0.05) is 0 Å². The lowest BCUT2D eigenvalue weighted by Crippen LogP contribution is -2.34. The average Bonchev–Trinajstić information content (AvgIpc) is 2.41. The van der Waals surface area contributed by atoms with E-state index in [1.165, 1.54) is 6.20 Å². The summed E-state index contributed by atoms with van der Waals surface area (Å²) in [4.78, 5) is 15.6. The molecular weight excluding hydrogens is 254 g/mol. The van der Waals surface area contributed by atoms with Crippen molar-refractivity contribution in [3.05, 3.63) is 23.9 Å². The number of nitrogens with two attached hydrogens (primary N) is 1. The van der Waals surface area contributed by atoms with Crippen molar-refractivity contribution in [1.29, 1.82) is 0 Å². The van der Waals surface area contributed by atoms with E-state index in [1.807, 2.05) is 5.43 Å². The van der Waals surface area contributed by atoms with Crippen LogP contribution in [0.5, 0.6) is 0 Å². The van der Waals surface area contributed by atoms with Crippen molar-refractivity contribution in [2.75, 3.05) is 5.32 Å². The summed E-state index contributed by atoms with van der Waals surface area (Å²) >= 11 is 0. The van der Waals surface area contributed by atoms with Crippen LogP contribution in [-0.2, 0) is 0 Å². The van der Waals surface area contributed by atoms with Gasteiger partial charge in [0, 0.05) is 25.1 Å². The molecule has 0 spiro atoms. The van der Waals surface area contributed by atoms with Crippen LogP contribution in [0.4, 0.5) is 14.6 Å². The molecule has 1 fully saturated rings. The highest BCUT2D eigenvalue weighted by molar-refractivity contribution is 5.98. The van der Waals surface area contributed by atoms with E-state index >= 15 is 0 Å². The molecule has 7 heteroatoms. The summed E-state index contributed by atoms with van der Waals surface area (Å²) < 4.78 is 26.1. The number of hydrazine groups is 1. The molecule has 1 aromatic heterocycles. The van der Waals surface area contributed by atoms with Crippen molar-refractivity contribution in [2.45, 2.75) is 37.6 Å². The Hall–Kier alpha value is -1.76. The van der Waals surface area contributed by atoms with Crippen LogP contribution in [0, 0.1) is 0 Å². The number of pyridine rings is 1. The number of halogens is 2.